The molecule has 0 radical (unpaired) electrons. The summed E-state index contributed by atoms with van der Waals surface area (Å²) in [5.41, 5.74) is 9.27. The number of nitrogen functional groups attached to an aromatic ring is 1. The molecule has 0 amide bonds. The fraction of sp³-hybridized carbons (Fsp3) is 0.0769. The summed E-state index contributed by atoms with van der Waals surface area (Å²) < 4.78 is 1.99. The number of pyridine rings is 1. The Balaban J connectivity index is 2.24. The quantitative estimate of drug-likeness (QED) is 0.645. The number of hydrogen-bond acceptors (Lipinski definition) is 3. The van der Waals surface area contributed by atoms with Gasteiger partial charge in [-0.15, -0.1) is 0 Å². The first kappa shape index (κ1) is 9.84. The Labute approximate surface area is 98.7 Å². The van der Waals surface area contributed by atoms with Crippen LogP contribution < -0.4 is 5.73 Å². The van der Waals surface area contributed by atoms with Gasteiger partial charge in [0.25, 0.3) is 0 Å². The number of anilines is 1. The van der Waals surface area contributed by atoms with Gasteiger partial charge in [0.15, 0.2) is 5.65 Å². The number of imidazole rings is 1. The van der Waals surface area contributed by atoms with E-state index in [1.165, 1.54) is 0 Å². The van der Waals surface area contributed by atoms with Crippen LogP contribution in [0.15, 0.2) is 42.6 Å². The van der Waals surface area contributed by atoms with Gasteiger partial charge in [-0.2, -0.15) is 0 Å². The van der Waals surface area contributed by atoms with Crippen molar-refractivity contribution >= 4 is 16.9 Å². The highest BCUT2D eigenvalue weighted by Gasteiger charge is 2.09. The summed E-state index contributed by atoms with van der Waals surface area (Å²) >= 11 is 0. The van der Waals surface area contributed by atoms with Crippen LogP contribution in [0, 0.1) is 0 Å². The van der Waals surface area contributed by atoms with Gasteiger partial charge in [-0.05, 0) is 36.4 Å². The maximum Gasteiger partial charge on any atom is 0.159 e. The van der Waals surface area contributed by atoms with Crippen molar-refractivity contribution in [2.45, 2.75) is 0 Å². The molecule has 2 N–H and O–H groups in total. The molecule has 84 valence electrons. The largest absolute Gasteiger partial charge is 0.399 e. The van der Waals surface area contributed by atoms with E-state index in [1.807, 2.05) is 48.0 Å². The van der Waals surface area contributed by atoms with Crippen LogP contribution in [-0.4, -0.2) is 14.5 Å². The van der Waals surface area contributed by atoms with E-state index in [1.54, 1.807) is 6.20 Å². The van der Waals surface area contributed by atoms with E-state index in [9.17, 15) is 0 Å². The van der Waals surface area contributed by atoms with Gasteiger partial charge in [-0.1, -0.05) is 0 Å². The maximum absolute atomic E-state index is 5.68. The number of nitrogens with two attached hydrogens (primary N) is 1. The van der Waals surface area contributed by atoms with Crippen molar-refractivity contribution in [3.8, 4) is 11.4 Å². The van der Waals surface area contributed by atoms with Crippen molar-refractivity contribution in [3.05, 3.63) is 42.6 Å². The summed E-state index contributed by atoms with van der Waals surface area (Å²) in [5, 5.41) is 0. The lowest BCUT2D eigenvalue weighted by Crippen LogP contribution is -1.94. The zero-order chi connectivity index (χ0) is 11.8. The molecule has 3 rings (SSSR count). The smallest absolute Gasteiger partial charge is 0.159 e. The number of benzene rings is 1. The first-order valence-corrected chi connectivity index (χ1v) is 5.39. The lowest BCUT2D eigenvalue weighted by Gasteiger charge is -2.02. The Morgan fingerprint density at radius 1 is 1.12 bits per heavy atom. The predicted molar refractivity (Wildman–Crippen MR) is 68.4 cm³/mol. The number of fused-ring (bicyclic) bond motifs is 1. The molecule has 4 nitrogen and oxygen atoms in total. The third-order valence-electron chi connectivity index (χ3n) is 2.80. The van der Waals surface area contributed by atoms with E-state index in [0.717, 1.165) is 28.2 Å². The Kier molecular flexibility index (Phi) is 2.08. The molecule has 2 aromatic heterocycles. The molecule has 0 spiro atoms. The lowest BCUT2D eigenvalue weighted by molar-refractivity contribution is 0.942. The third kappa shape index (κ3) is 1.54. The molecular formula is C13H12N4. The Morgan fingerprint density at radius 2 is 1.88 bits per heavy atom. The third-order valence-corrected chi connectivity index (χ3v) is 2.80. The van der Waals surface area contributed by atoms with E-state index >= 15 is 0 Å². The number of hydrogen-bond donors (Lipinski definition) is 1. The van der Waals surface area contributed by atoms with Crippen LogP contribution in [0.25, 0.3) is 22.6 Å². The number of nitrogens with zero attached hydrogens (tertiary/aromatic N) is 3. The summed E-state index contributed by atoms with van der Waals surface area (Å²) in [7, 11) is 1.97. The summed E-state index contributed by atoms with van der Waals surface area (Å²) in [6.45, 7) is 0. The van der Waals surface area contributed by atoms with Crippen molar-refractivity contribution in [3.63, 3.8) is 0 Å². The van der Waals surface area contributed by atoms with Crippen LogP contribution in [0.3, 0.4) is 0 Å². The number of rotatable bonds is 1. The van der Waals surface area contributed by atoms with Gasteiger partial charge in [0.2, 0.25) is 0 Å². The average molecular weight is 224 g/mol. The minimum Gasteiger partial charge on any atom is -0.399 e. The normalized spacial score (nSPS) is 10.9. The number of aryl methyl sites for hydroxylation is 1. The summed E-state index contributed by atoms with van der Waals surface area (Å²) in [5.74, 6) is 0.902. The molecule has 0 saturated heterocycles. The van der Waals surface area contributed by atoms with Crippen LogP contribution >= 0.6 is 0 Å². The topological polar surface area (TPSA) is 56.7 Å². The van der Waals surface area contributed by atoms with Gasteiger partial charge in [0.05, 0.1) is 0 Å². The predicted octanol–water partition coefficient (Wildman–Crippen LogP) is 2.22. The second kappa shape index (κ2) is 3.59. The highest BCUT2D eigenvalue weighted by Crippen LogP contribution is 2.22. The fourth-order valence-electron chi connectivity index (χ4n) is 1.91. The van der Waals surface area contributed by atoms with Gasteiger partial charge in [-0.25, -0.2) is 9.97 Å². The van der Waals surface area contributed by atoms with Crippen LogP contribution in [0.2, 0.25) is 0 Å². The van der Waals surface area contributed by atoms with Crippen LogP contribution in [-0.2, 0) is 7.05 Å². The van der Waals surface area contributed by atoms with E-state index in [4.69, 9.17) is 5.73 Å². The van der Waals surface area contributed by atoms with Crippen molar-refractivity contribution < 1.29 is 0 Å². The molecule has 4 heteroatoms. The van der Waals surface area contributed by atoms with Gasteiger partial charge in [-0.3, -0.25) is 0 Å². The monoisotopic (exact) mass is 224 g/mol. The minimum atomic E-state index is 0.755. The molecule has 2 heterocycles. The van der Waals surface area contributed by atoms with Gasteiger partial charge in [0.1, 0.15) is 11.3 Å². The van der Waals surface area contributed by atoms with E-state index in [0.29, 0.717) is 0 Å². The highest BCUT2D eigenvalue weighted by molar-refractivity contribution is 5.77. The molecule has 0 saturated carbocycles. The highest BCUT2D eigenvalue weighted by atomic mass is 15.1. The molecule has 0 fully saturated rings. The standard InChI is InChI=1S/C13H12N4/c1-17-12(9-4-6-10(14)7-5-9)16-11-3-2-8-15-13(11)17/h2-8H,14H2,1H3. The molecule has 3 aromatic rings. The molecule has 0 atom stereocenters. The second-order valence-electron chi connectivity index (χ2n) is 3.96. The summed E-state index contributed by atoms with van der Waals surface area (Å²) in [6, 6.07) is 11.5. The minimum absolute atomic E-state index is 0.755. The molecule has 0 unspecified atom stereocenters. The average Bonchev–Trinajstić information content (AvgIpc) is 2.69. The van der Waals surface area contributed by atoms with Crippen molar-refractivity contribution in [2.75, 3.05) is 5.73 Å². The van der Waals surface area contributed by atoms with Gasteiger partial charge in [0, 0.05) is 24.5 Å². The maximum atomic E-state index is 5.68. The van der Waals surface area contributed by atoms with Crippen LogP contribution in [0.5, 0.6) is 0 Å². The SMILES string of the molecule is Cn1c(-c2ccc(N)cc2)nc2cccnc21. The van der Waals surface area contributed by atoms with Gasteiger partial charge < -0.3 is 10.3 Å². The molecule has 0 aliphatic rings. The van der Waals surface area contributed by atoms with Crippen molar-refractivity contribution in [2.24, 2.45) is 7.05 Å². The summed E-state index contributed by atoms with van der Waals surface area (Å²) in [4.78, 5) is 8.89. The van der Waals surface area contributed by atoms with E-state index < -0.39 is 0 Å². The van der Waals surface area contributed by atoms with E-state index in [-0.39, 0.29) is 0 Å². The lowest BCUT2D eigenvalue weighted by atomic mass is 10.2. The van der Waals surface area contributed by atoms with Crippen molar-refractivity contribution in [1.82, 2.24) is 14.5 Å². The Morgan fingerprint density at radius 3 is 2.59 bits per heavy atom. The molecule has 17 heavy (non-hydrogen) atoms. The molecule has 0 aliphatic carbocycles. The van der Waals surface area contributed by atoms with Gasteiger partial charge >= 0.3 is 0 Å². The number of aromatic nitrogens is 3. The molecule has 1 aromatic carbocycles. The molecule has 0 bridgehead atoms. The van der Waals surface area contributed by atoms with Crippen LogP contribution in [0.1, 0.15) is 0 Å². The zero-order valence-electron chi connectivity index (χ0n) is 9.46. The fourth-order valence-corrected chi connectivity index (χ4v) is 1.91. The van der Waals surface area contributed by atoms with Crippen LogP contribution in [0.4, 0.5) is 5.69 Å². The Hall–Kier alpha value is -2.36. The van der Waals surface area contributed by atoms with E-state index in [2.05, 4.69) is 9.97 Å². The second-order valence-corrected chi connectivity index (χ2v) is 3.96. The first-order valence-electron chi connectivity index (χ1n) is 5.39. The zero-order valence-corrected chi connectivity index (χ0v) is 9.46. The molecule has 0 aliphatic heterocycles. The van der Waals surface area contributed by atoms with Crippen molar-refractivity contribution in [1.29, 1.82) is 0 Å². The summed E-state index contributed by atoms with van der Waals surface area (Å²) in [6.07, 6.45) is 1.77. The first-order chi connectivity index (χ1) is 8.25. The Bertz CT molecular complexity index is 667. The molecular weight excluding hydrogens is 212 g/mol.